The topological polar surface area (TPSA) is 77.8 Å². The zero-order chi connectivity index (χ0) is 18.5. The number of hydrogen-bond donors (Lipinski definition) is 2. The Balaban J connectivity index is 1.78. The van der Waals surface area contributed by atoms with E-state index < -0.39 is 17.5 Å². The highest BCUT2D eigenvalue weighted by Gasteiger charge is 2.12. The van der Waals surface area contributed by atoms with Crippen LogP contribution in [0.15, 0.2) is 60.8 Å². The maximum Gasteiger partial charge on any atom is 0.274 e. The third-order valence-corrected chi connectivity index (χ3v) is 3.45. The van der Waals surface area contributed by atoms with Gasteiger partial charge in [-0.05, 0) is 42.5 Å². The van der Waals surface area contributed by atoms with Gasteiger partial charge in [-0.15, -0.1) is 0 Å². The summed E-state index contributed by atoms with van der Waals surface area (Å²) in [6.45, 7) is 0. The Kier molecular flexibility index (Phi) is 4.85. The van der Waals surface area contributed by atoms with Crippen LogP contribution in [0.25, 0.3) is 0 Å². The molecule has 0 saturated heterocycles. The van der Waals surface area contributed by atoms with Crippen LogP contribution in [-0.2, 0) is 0 Å². The first-order chi connectivity index (χ1) is 12.5. The Morgan fingerprint density at radius 1 is 1.04 bits per heavy atom. The number of carbonyl (C=O) groups is 1. The molecule has 2 N–H and O–H groups in total. The molecule has 0 unspecified atom stereocenters. The van der Waals surface area contributed by atoms with Crippen molar-refractivity contribution in [2.45, 2.75) is 0 Å². The molecule has 0 spiro atoms. The van der Waals surface area contributed by atoms with Gasteiger partial charge in [-0.25, -0.2) is 8.78 Å². The second kappa shape index (κ2) is 7.40. The fourth-order valence-electron chi connectivity index (χ4n) is 2.24. The van der Waals surface area contributed by atoms with E-state index in [-0.39, 0.29) is 11.4 Å². The van der Waals surface area contributed by atoms with Crippen LogP contribution in [0.1, 0.15) is 16.1 Å². The molecular formula is C19H12F2N4O. The molecular weight excluding hydrogens is 338 g/mol. The number of anilines is 3. The third kappa shape index (κ3) is 3.99. The first kappa shape index (κ1) is 17.0. The van der Waals surface area contributed by atoms with Crippen molar-refractivity contribution in [3.8, 4) is 6.07 Å². The van der Waals surface area contributed by atoms with Gasteiger partial charge in [-0.1, -0.05) is 6.07 Å². The van der Waals surface area contributed by atoms with Crippen LogP contribution in [0.5, 0.6) is 0 Å². The number of nitrogens with one attached hydrogen (secondary N) is 2. The molecule has 0 atom stereocenters. The molecule has 2 aromatic carbocycles. The van der Waals surface area contributed by atoms with Crippen molar-refractivity contribution in [1.82, 2.24) is 4.98 Å². The Bertz CT molecular complexity index is 1010. The Morgan fingerprint density at radius 3 is 2.62 bits per heavy atom. The van der Waals surface area contributed by atoms with E-state index in [1.54, 1.807) is 30.3 Å². The van der Waals surface area contributed by atoms with E-state index in [4.69, 9.17) is 5.26 Å². The van der Waals surface area contributed by atoms with Gasteiger partial charge in [-0.3, -0.25) is 9.78 Å². The number of pyridine rings is 1. The molecule has 3 aromatic rings. The summed E-state index contributed by atoms with van der Waals surface area (Å²) < 4.78 is 26.6. The van der Waals surface area contributed by atoms with Gasteiger partial charge in [0.05, 0.1) is 17.3 Å². The molecule has 5 nitrogen and oxygen atoms in total. The predicted octanol–water partition coefficient (Wildman–Crippen LogP) is 4.23. The molecule has 3 rings (SSSR count). The molecule has 26 heavy (non-hydrogen) atoms. The molecule has 0 aliphatic carbocycles. The van der Waals surface area contributed by atoms with Crippen molar-refractivity contribution >= 4 is 23.0 Å². The molecule has 0 radical (unpaired) electrons. The smallest absolute Gasteiger partial charge is 0.274 e. The van der Waals surface area contributed by atoms with Gasteiger partial charge in [0.1, 0.15) is 17.3 Å². The number of hydrogen-bond acceptors (Lipinski definition) is 4. The molecule has 0 aliphatic heterocycles. The van der Waals surface area contributed by atoms with E-state index in [2.05, 4.69) is 15.6 Å². The van der Waals surface area contributed by atoms with Gasteiger partial charge >= 0.3 is 0 Å². The first-order valence-electron chi connectivity index (χ1n) is 7.55. The zero-order valence-corrected chi connectivity index (χ0v) is 13.3. The van der Waals surface area contributed by atoms with E-state index in [1.165, 1.54) is 12.3 Å². The third-order valence-electron chi connectivity index (χ3n) is 3.45. The molecule has 0 aliphatic rings. The predicted molar refractivity (Wildman–Crippen MR) is 93.0 cm³/mol. The number of nitrogens with zero attached hydrogens (tertiary/aromatic N) is 2. The number of carbonyl (C=O) groups excluding carboxylic acids is 1. The van der Waals surface area contributed by atoms with Crippen LogP contribution in [0.4, 0.5) is 25.8 Å². The van der Waals surface area contributed by atoms with Crippen molar-refractivity contribution in [1.29, 1.82) is 5.26 Å². The molecule has 0 saturated carbocycles. The molecule has 0 fully saturated rings. The van der Waals surface area contributed by atoms with Crippen LogP contribution in [0, 0.1) is 23.0 Å². The van der Waals surface area contributed by atoms with Crippen LogP contribution < -0.4 is 10.6 Å². The summed E-state index contributed by atoms with van der Waals surface area (Å²) in [5.41, 5.74) is 1.65. The van der Waals surface area contributed by atoms with Crippen LogP contribution in [0.3, 0.4) is 0 Å². The second-order valence-corrected chi connectivity index (χ2v) is 5.33. The van der Waals surface area contributed by atoms with E-state index in [0.29, 0.717) is 23.0 Å². The summed E-state index contributed by atoms with van der Waals surface area (Å²) in [6, 6.07) is 14.9. The van der Waals surface area contributed by atoms with E-state index in [1.807, 2.05) is 6.07 Å². The minimum atomic E-state index is -0.874. The summed E-state index contributed by atoms with van der Waals surface area (Å²) in [4.78, 5) is 16.2. The number of amides is 1. The maximum absolute atomic E-state index is 13.7. The lowest BCUT2D eigenvalue weighted by Crippen LogP contribution is -2.15. The number of nitriles is 1. The summed E-state index contributed by atoms with van der Waals surface area (Å²) in [6.07, 6.45) is 1.42. The van der Waals surface area contributed by atoms with Gasteiger partial charge in [-0.2, -0.15) is 5.26 Å². The maximum atomic E-state index is 13.7. The lowest BCUT2D eigenvalue weighted by Gasteiger charge is -2.09. The minimum absolute atomic E-state index is 0.0511. The van der Waals surface area contributed by atoms with Crippen LogP contribution >= 0.6 is 0 Å². The first-order valence-corrected chi connectivity index (χ1v) is 7.55. The van der Waals surface area contributed by atoms with Gasteiger partial charge in [0.15, 0.2) is 0 Å². The van der Waals surface area contributed by atoms with E-state index in [9.17, 15) is 13.6 Å². The number of benzene rings is 2. The normalized spacial score (nSPS) is 10.0. The summed E-state index contributed by atoms with van der Waals surface area (Å²) in [7, 11) is 0. The van der Waals surface area contributed by atoms with Gasteiger partial charge in [0.25, 0.3) is 5.91 Å². The largest absolute Gasteiger partial charge is 0.355 e. The number of aromatic nitrogens is 1. The van der Waals surface area contributed by atoms with Gasteiger partial charge in [0, 0.05) is 23.6 Å². The van der Waals surface area contributed by atoms with Crippen molar-refractivity contribution in [3.05, 3.63) is 83.7 Å². The SMILES string of the molecule is N#Cc1cccc(Nc2ccnc(C(=O)Nc3ccc(F)cc3F)c2)c1. The monoisotopic (exact) mass is 350 g/mol. The summed E-state index contributed by atoms with van der Waals surface area (Å²) >= 11 is 0. The van der Waals surface area contributed by atoms with Crippen LogP contribution in [-0.4, -0.2) is 10.9 Å². The average molecular weight is 350 g/mol. The molecule has 0 bridgehead atoms. The van der Waals surface area contributed by atoms with Crippen molar-refractivity contribution in [3.63, 3.8) is 0 Å². The Labute approximate surface area is 147 Å². The number of halogens is 2. The Morgan fingerprint density at radius 2 is 1.85 bits per heavy atom. The van der Waals surface area contributed by atoms with Crippen molar-refractivity contribution in [2.75, 3.05) is 10.6 Å². The highest BCUT2D eigenvalue weighted by Crippen LogP contribution is 2.19. The molecule has 128 valence electrons. The molecule has 1 heterocycles. The molecule has 7 heteroatoms. The fourth-order valence-corrected chi connectivity index (χ4v) is 2.24. The molecule has 1 aromatic heterocycles. The molecule has 1 amide bonds. The highest BCUT2D eigenvalue weighted by atomic mass is 19.1. The van der Waals surface area contributed by atoms with Gasteiger partial charge < -0.3 is 10.6 Å². The van der Waals surface area contributed by atoms with E-state index >= 15 is 0 Å². The lowest BCUT2D eigenvalue weighted by atomic mass is 10.2. The van der Waals surface area contributed by atoms with Gasteiger partial charge in [0.2, 0.25) is 0 Å². The zero-order valence-electron chi connectivity index (χ0n) is 13.3. The van der Waals surface area contributed by atoms with Crippen LogP contribution in [0.2, 0.25) is 0 Å². The fraction of sp³-hybridized carbons (Fsp3) is 0. The van der Waals surface area contributed by atoms with E-state index in [0.717, 1.165) is 12.1 Å². The minimum Gasteiger partial charge on any atom is -0.355 e. The summed E-state index contributed by atoms with van der Waals surface area (Å²) in [5.74, 6) is -2.24. The second-order valence-electron chi connectivity index (χ2n) is 5.33. The Hall–Kier alpha value is -3.79. The standard InChI is InChI=1S/C19H12F2N4O/c20-13-4-5-17(16(21)9-13)25-19(26)18-10-15(6-7-23-18)24-14-3-1-2-12(8-14)11-22/h1-10H,(H,23,24)(H,25,26). The number of rotatable bonds is 4. The lowest BCUT2D eigenvalue weighted by molar-refractivity contribution is 0.102. The highest BCUT2D eigenvalue weighted by molar-refractivity contribution is 6.03. The quantitative estimate of drug-likeness (QED) is 0.738. The van der Waals surface area contributed by atoms with Crippen molar-refractivity contribution < 1.29 is 13.6 Å². The average Bonchev–Trinajstić information content (AvgIpc) is 2.64. The summed E-state index contributed by atoms with van der Waals surface area (Å²) in [5, 5.41) is 14.3. The van der Waals surface area contributed by atoms with Crippen molar-refractivity contribution in [2.24, 2.45) is 0 Å².